The number of rotatable bonds is 6. The fourth-order valence-electron chi connectivity index (χ4n) is 1.47. The number of hydrogen-bond donors (Lipinski definition) is 1. The maximum atomic E-state index is 5.78. The van der Waals surface area contributed by atoms with Crippen molar-refractivity contribution < 1.29 is 9.47 Å². The molecule has 0 aliphatic rings. The topological polar surface area (TPSA) is 56.3 Å². The van der Waals surface area contributed by atoms with Crippen LogP contribution in [-0.4, -0.2) is 36.3 Å². The fourth-order valence-corrected chi connectivity index (χ4v) is 1.47. The van der Waals surface area contributed by atoms with Gasteiger partial charge in [-0.2, -0.15) is 4.98 Å². The molecule has 0 amide bonds. The lowest BCUT2D eigenvalue weighted by atomic mass is 9.96. The minimum atomic E-state index is -0.117. The van der Waals surface area contributed by atoms with Crippen LogP contribution in [0.5, 0.6) is 5.88 Å². The SMILES string of the molecule is CCOCC(C)Oc1cc(NC)nc(C(C)(C)C)n1. The lowest BCUT2D eigenvalue weighted by Crippen LogP contribution is -2.22. The van der Waals surface area contributed by atoms with E-state index >= 15 is 0 Å². The summed E-state index contributed by atoms with van der Waals surface area (Å²) in [5, 5.41) is 3.03. The van der Waals surface area contributed by atoms with Crippen molar-refractivity contribution in [2.24, 2.45) is 0 Å². The fraction of sp³-hybridized carbons (Fsp3) is 0.714. The van der Waals surface area contributed by atoms with Gasteiger partial charge >= 0.3 is 0 Å². The molecule has 1 heterocycles. The molecule has 5 nitrogen and oxygen atoms in total. The monoisotopic (exact) mass is 267 g/mol. The molecular formula is C14H25N3O2. The minimum absolute atomic E-state index is 0.0348. The summed E-state index contributed by atoms with van der Waals surface area (Å²) in [6.07, 6.45) is -0.0348. The standard InChI is InChI=1S/C14H25N3O2/c1-7-18-9-10(2)19-12-8-11(15-6)16-13(17-12)14(3,4)5/h8,10H,7,9H2,1-6H3,(H,15,16,17). The van der Waals surface area contributed by atoms with Crippen LogP contribution in [0.4, 0.5) is 5.82 Å². The maximum absolute atomic E-state index is 5.78. The summed E-state index contributed by atoms with van der Waals surface area (Å²) in [6, 6.07) is 1.80. The van der Waals surface area contributed by atoms with Gasteiger partial charge in [-0.05, 0) is 13.8 Å². The second-order valence-electron chi connectivity index (χ2n) is 5.50. The summed E-state index contributed by atoms with van der Waals surface area (Å²) in [5.41, 5.74) is -0.117. The Hall–Kier alpha value is -1.36. The molecule has 1 N–H and O–H groups in total. The van der Waals surface area contributed by atoms with Crippen LogP contribution in [0.15, 0.2) is 6.07 Å². The highest BCUT2D eigenvalue weighted by Gasteiger charge is 2.20. The van der Waals surface area contributed by atoms with Gasteiger partial charge in [0.1, 0.15) is 17.7 Å². The molecule has 1 aromatic rings. The molecule has 0 aliphatic carbocycles. The van der Waals surface area contributed by atoms with E-state index in [1.807, 2.05) is 20.9 Å². The highest BCUT2D eigenvalue weighted by atomic mass is 16.5. The Morgan fingerprint density at radius 3 is 2.53 bits per heavy atom. The van der Waals surface area contributed by atoms with Crippen molar-refractivity contribution in [3.8, 4) is 5.88 Å². The van der Waals surface area contributed by atoms with Crippen LogP contribution in [-0.2, 0) is 10.2 Å². The van der Waals surface area contributed by atoms with E-state index in [-0.39, 0.29) is 11.5 Å². The van der Waals surface area contributed by atoms with E-state index in [1.165, 1.54) is 0 Å². The first-order chi connectivity index (χ1) is 8.86. The number of hydrogen-bond acceptors (Lipinski definition) is 5. The smallest absolute Gasteiger partial charge is 0.219 e. The Labute approximate surface area is 115 Å². The first-order valence-electron chi connectivity index (χ1n) is 6.68. The summed E-state index contributed by atoms with van der Waals surface area (Å²) in [5.74, 6) is 2.10. The number of ether oxygens (including phenoxy) is 2. The Bertz CT molecular complexity index is 402. The summed E-state index contributed by atoms with van der Waals surface area (Å²) < 4.78 is 11.1. The molecule has 0 saturated carbocycles. The molecule has 0 aliphatic heterocycles. The van der Waals surface area contributed by atoms with Crippen LogP contribution in [0.2, 0.25) is 0 Å². The van der Waals surface area contributed by atoms with Crippen molar-refractivity contribution in [3.63, 3.8) is 0 Å². The highest BCUT2D eigenvalue weighted by molar-refractivity contribution is 5.38. The molecule has 19 heavy (non-hydrogen) atoms. The Kier molecular flexibility index (Phi) is 5.54. The van der Waals surface area contributed by atoms with Crippen LogP contribution in [0.1, 0.15) is 40.4 Å². The van der Waals surface area contributed by atoms with E-state index in [9.17, 15) is 0 Å². The second kappa shape index (κ2) is 6.70. The van der Waals surface area contributed by atoms with Crippen LogP contribution >= 0.6 is 0 Å². The van der Waals surface area contributed by atoms with Crippen molar-refractivity contribution in [2.45, 2.75) is 46.1 Å². The molecule has 1 unspecified atom stereocenters. The van der Waals surface area contributed by atoms with Gasteiger partial charge in [0.2, 0.25) is 5.88 Å². The first kappa shape index (κ1) is 15.7. The van der Waals surface area contributed by atoms with Crippen LogP contribution in [0, 0.1) is 0 Å². The molecule has 1 atom stereocenters. The first-order valence-corrected chi connectivity index (χ1v) is 6.68. The summed E-state index contributed by atoms with van der Waals surface area (Å²) in [6.45, 7) is 11.4. The minimum Gasteiger partial charge on any atom is -0.472 e. The molecule has 0 spiro atoms. The van der Waals surface area contributed by atoms with Gasteiger partial charge in [0.05, 0.1) is 6.61 Å². The molecule has 0 radical (unpaired) electrons. The van der Waals surface area contributed by atoms with Gasteiger partial charge < -0.3 is 14.8 Å². The molecule has 0 bridgehead atoms. The number of anilines is 1. The zero-order valence-corrected chi connectivity index (χ0v) is 12.8. The summed E-state index contributed by atoms with van der Waals surface area (Å²) >= 11 is 0. The Balaban J connectivity index is 2.88. The van der Waals surface area contributed by atoms with Crippen LogP contribution in [0.25, 0.3) is 0 Å². The largest absolute Gasteiger partial charge is 0.472 e. The average molecular weight is 267 g/mol. The van der Waals surface area contributed by atoms with E-state index in [2.05, 4.69) is 36.1 Å². The van der Waals surface area contributed by atoms with Gasteiger partial charge in [0.25, 0.3) is 0 Å². The van der Waals surface area contributed by atoms with E-state index in [4.69, 9.17) is 9.47 Å². The summed E-state index contributed by atoms with van der Waals surface area (Å²) in [7, 11) is 1.84. The van der Waals surface area contributed by atoms with Gasteiger partial charge in [-0.1, -0.05) is 20.8 Å². The molecule has 1 aromatic heterocycles. The van der Waals surface area contributed by atoms with Gasteiger partial charge in [0, 0.05) is 25.1 Å². The number of aromatic nitrogens is 2. The van der Waals surface area contributed by atoms with Gasteiger partial charge in [-0.25, -0.2) is 4.98 Å². The van der Waals surface area contributed by atoms with Crippen molar-refractivity contribution in [2.75, 3.05) is 25.6 Å². The maximum Gasteiger partial charge on any atom is 0.219 e. The van der Waals surface area contributed by atoms with Crippen LogP contribution in [0.3, 0.4) is 0 Å². The van der Waals surface area contributed by atoms with Crippen molar-refractivity contribution in [1.82, 2.24) is 9.97 Å². The van der Waals surface area contributed by atoms with Crippen molar-refractivity contribution in [1.29, 1.82) is 0 Å². The van der Waals surface area contributed by atoms with Crippen molar-refractivity contribution in [3.05, 3.63) is 11.9 Å². The van der Waals surface area contributed by atoms with Gasteiger partial charge in [-0.3, -0.25) is 0 Å². The third kappa shape index (κ3) is 5.03. The predicted molar refractivity (Wildman–Crippen MR) is 76.9 cm³/mol. The lowest BCUT2D eigenvalue weighted by Gasteiger charge is -2.20. The molecule has 0 saturated heterocycles. The molecule has 108 valence electrons. The molecule has 0 fully saturated rings. The van der Waals surface area contributed by atoms with Gasteiger partial charge in [0.15, 0.2) is 0 Å². The zero-order valence-electron chi connectivity index (χ0n) is 12.8. The quantitative estimate of drug-likeness (QED) is 0.858. The highest BCUT2D eigenvalue weighted by Crippen LogP contribution is 2.23. The molecule has 5 heteroatoms. The van der Waals surface area contributed by atoms with Crippen molar-refractivity contribution >= 4 is 5.82 Å². The number of nitrogens with zero attached hydrogens (tertiary/aromatic N) is 2. The van der Waals surface area contributed by atoms with E-state index in [0.717, 1.165) is 11.6 Å². The molecule has 0 aromatic carbocycles. The Morgan fingerprint density at radius 1 is 1.32 bits per heavy atom. The zero-order chi connectivity index (χ0) is 14.5. The third-order valence-electron chi connectivity index (χ3n) is 2.51. The van der Waals surface area contributed by atoms with E-state index in [0.29, 0.717) is 19.1 Å². The summed E-state index contributed by atoms with van der Waals surface area (Å²) in [4.78, 5) is 8.93. The van der Waals surface area contributed by atoms with Gasteiger partial charge in [-0.15, -0.1) is 0 Å². The normalized spacial score (nSPS) is 13.2. The van der Waals surface area contributed by atoms with E-state index in [1.54, 1.807) is 6.07 Å². The molecule has 1 rings (SSSR count). The predicted octanol–water partition coefficient (Wildman–Crippen LogP) is 2.62. The number of nitrogens with one attached hydrogen (secondary N) is 1. The van der Waals surface area contributed by atoms with E-state index < -0.39 is 0 Å². The third-order valence-corrected chi connectivity index (χ3v) is 2.51. The Morgan fingerprint density at radius 2 is 2.00 bits per heavy atom. The molecular weight excluding hydrogens is 242 g/mol. The second-order valence-corrected chi connectivity index (χ2v) is 5.50. The lowest BCUT2D eigenvalue weighted by molar-refractivity contribution is 0.0631. The van der Waals surface area contributed by atoms with Crippen LogP contribution < -0.4 is 10.1 Å². The average Bonchev–Trinajstić information content (AvgIpc) is 2.34.